The van der Waals surface area contributed by atoms with E-state index >= 15 is 0 Å². The normalized spacial score (nSPS) is 14.2. The summed E-state index contributed by atoms with van der Waals surface area (Å²) in [5.74, 6) is 0.891. The van der Waals surface area contributed by atoms with E-state index in [0.29, 0.717) is 12.1 Å². The van der Waals surface area contributed by atoms with Crippen molar-refractivity contribution in [1.82, 2.24) is 10.2 Å². The second-order valence-electron chi connectivity index (χ2n) is 8.24. The summed E-state index contributed by atoms with van der Waals surface area (Å²) in [7, 11) is 1.72. The van der Waals surface area contributed by atoms with Gasteiger partial charge in [-0.1, -0.05) is 48.5 Å². The van der Waals surface area contributed by atoms with Gasteiger partial charge in [-0.2, -0.15) is 0 Å². The van der Waals surface area contributed by atoms with Crippen molar-refractivity contribution >= 4 is 11.6 Å². The summed E-state index contributed by atoms with van der Waals surface area (Å²) in [5, 5.41) is 3.02. The number of benzene rings is 3. The van der Waals surface area contributed by atoms with Crippen molar-refractivity contribution in [3.8, 4) is 5.75 Å². The zero-order valence-corrected chi connectivity index (χ0v) is 18.9. The summed E-state index contributed by atoms with van der Waals surface area (Å²) in [6.07, 6.45) is 0. The quantitative estimate of drug-likeness (QED) is 0.610. The lowest BCUT2D eigenvalue weighted by Gasteiger charge is -2.36. The van der Waals surface area contributed by atoms with E-state index in [1.54, 1.807) is 7.11 Å². The molecule has 1 fully saturated rings. The van der Waals surface area contributed by atoms with Crippen molar-refractivity contribution in [2.75, 3.05) is 38.2 Å². The van der Waals surface area contributed by atoms with E-state index in [1.165, 1.54) is 11.1 Å². The molecule has 0 radical (unpaired) electrons. The fourth-order valence-electron chi connectivity index (χ4n) is 4.14. The molecule has 32 heavy (non-hydrogen) atoms. The molecule has 1 amide bonds. The molecule has 1 N–H and O–H groups in total. The number of carbonyl (C=O) groups is 1. The minimum absolute atomic E-state index is 0.0368. The summed E-state index contributed by atoms with van der Waals surface area (Å²) in [6, 6.07) is 24.3. The van der Waals surface area contributed by atoms with E-state index in [2.05, 4.69) is 52.4 Å². The third-order valence-corrected chi connectivity index (χ3v) is 6.12. The molecular weight excluding hydrogens is 398 g/mol. The fraction of sp³-hybridized carbons (Fsp3) is 0.296. The molecule has 0 aromatic heterocycles. The van der Waals surface area contributed by atoms with Gasteiger partial charge in [0.15, 0.2) is 0 Å². The van der Waals surface area contributed by atoms with E-state index in [1.807, 2.05) is 42.5 Å². The Balaban J connectivity index is 1.28. The fourth-order valence-corrected chi connectivity index (χ4v) is 4.14. The lowest BCUT2D eigenvalue weighted by atomic mass is 10.1. The Morgan fingerprint density at radius 3 is 2.31 bits per heavy atom. The number of amides is 1. The Kier molecular flexibility index (Phi) is 7.07. The highest BCUT2D eigenvalue weighted by atomic mass is 16.5. The minimum atomic E-state index is -0.0368. The number of carbonyl (C=O) groups excluding carboxylic acids is 1. The van der Waals surface area contributed by atoms with Crippen LogP contribution < -0.4 is 15.0 Å². The van der Waals surface area contributed by atoms with E-state index < -0.39 is 0 Å². The van der Waals surface area contributed by atoms with Gasteiger partial charge in [0.05, 0.1) is 12.8 Å². The molecule has 1 aliphatic rings. The van der Waals surface area contributed by atoms with Crippen LogP contribution in [-0.4, -0.2) is 44.1 Å². The summed E-state index contributed by atoms with van der Waals surface area (Å²) in [5.41, 5.74) is 5.42. The Bertz CT molecular complexity index is 1040. The first kappa shape index (κ1) is 21.9. The van der Waals surface area contributed by atoms with E-state index in [0.717, 1.165) is 49.7 Å². The lowest BCUT2D eigenvalue weighted by Crippen LogP contribution is -2.46. The average molecular weight is 430 g/mol. The molecule has 5 heteroatoms. The van der Waals surface area contributed by atoms with Crippen LogP contribution in [0.1, 0.15) is 27.0 Å². The predicted molar refractivity (Wildman–Crippen MR) is 129 cm³/mol. The SMILES string of the molecule is COc1ccccc1N1CCN(Cc2ccc(C(=O)NCc3ccccc3C)cc2)CC1. The van der Waals surface area contributed by atoms with Crippen LogP contribution in [-0.2, 0) is 13.1 Å². The monoisotopic (exact) mass is 429 g/mol. The van der Waals surface area contributed by atoms with Crippen LogP contribution in [0, 0.1) is 6.92 Å². The van der Waals surface area contributed by atoms with Crippen LogP contribution in [0.15, 0.2) is 72.8 Å². The Hall–Kier alpha value is -3.31. The average Bonchev–Trinajstić information content (AvgIpc) is 2.84. The standard InChI is InChI=1S/C27H31N3O2/c1-21-7-3-4-8-24(21)19-28-27(31)23-13-11-22(12-14-23)20-29-15-17-30(18-16-29)25-9-5-6-10-26(25)32-2/h3-14H,15-20H2,1-2H3,(H,28,31). The van der Waals surface area contributed by atoms with Crippen molar-refractivity contribution < 1.29 is 9.53 Å². The van der Waals surface area contributed by atoms with Gasteiger partial charge in [-0.3, -0.25) is 9.69 Å². The molecule has 1 saturated heterocycles. The number of rotatable bonds is 7. The summed E-state index contributed by atoms with van der Waals surface area (Å²) >= 11 is 0. The number of hydrogen-bond acceptors (Lipinski definition) is 4. The minimum Gasteiger partial charge on any atom is -0.495 e. The van der Waals surface area contributed by atoms with Crippen molar-refractivity contribution in [3.63, 3.8) is 0 Å². The Labute approximate surface area is 190 Å². The third-order valence-electron chi connectivity index (χ3n) is 6.12. The Morgan fingerprint density at radius 2 is 1.59 bits per heavy atom. The van der Waals surface area contributed by atoms with Gasteiger partial charge in [0.2, 0.25) is 0 Å². The first-order valence-electron chi connectivity index (χ1n) is 11.2. The number of anilines is 1. The van der Waals surface area contributed by atoms with Crippen molar-refractivity contribution in [3.05, 3.63) is 95.1 Å². The first-order chi connectivity index (χ1) is 15.6. The molecule has 166 valence electrons. The highest BCUT2D eigenvalue weighted by Crippen LogP contribution is 2.28. The highest BCUT2D eigenvalue weighted by Gasteiger charge is 2.19. The van der Waals surface area contributed by atoms with Gasteiger partial charge < -0.3 is 15.0 Å². The van der Waals surface area contributed by atoms with Gasteiger partial charge in [0.1, 0.15) is 5.75 Å². The van der Waals surface area contributed by atoms with Gasteiger partial charge >= 0.3 is 0 Å². The predicted octanol–water partition coefficient (Wildman–Crippen LogP) is 4.26. The molecule has 3 aromatic rings. The molecule has 0 unspecified atom stereocenters. The van der Waals surface area contributed by atoms with Crippen LogP contribution in [0.5, 0.6) is 5.75 Å². The van der Waals surface area contributed by atoms with Crippen LogP contribution in [0.25, 0.3) is 0 Å². The number of aryl methyl sites for hydroxylation is 1. The highest BCUT2D eigenvalue weighted by molar-refractivity contribution is 5.94. The molecule has 0 bridgehead atoms. The zero-order chi connectivity index (χ0) is 22.3. The second kappa shape index (κ2) is 10.3. The molecule has 0 atom stereocenters. The number of piperazine rings is 1. The number of nitrogens with zero attached hydrogens (tertiary/aromatic N) is 2. The van der Waals surface area contributed by atoms with Gasteiger partial charge in [0.25, 0.3) is 5.91 Å². The molecule has 0 saturated carbocycles. The number of para-hydroxylation sites is 2. The molecule has 1 heterocycles. The van der Waals surface area contributed by atoms with E-state index in [4.69, 9.17) is 4.74 Å². The maximum absolute atomic E-state index is 12.5. The lowest BCUT2D eigenvalue weighted by molar-refractivity contribution is 0.0951. The van der Waals surface area contributed by atoms with Crippen LogP contribution >= 0.6 is 0 Å². The topological polar surface area (TPSA) is 44.8 Å². The molecule has 4 rings (SSSR count). The maximum atomic E-state index is 12.5. The Morgan fingerprint density at radius 1 is 0.906 bits per heavy atom. The number of methoxy groups -OCH3 is 1. The zero-order valence-electron chi connectivity index (χ0n) is 18.9. The number of ether oxygens (including phenoxy) is 1. The number of nitrogens with one attached hydrogen (secondary N) is 1. The van der Waals surface area contributed by atoms with Crippen LogP contribution in [0.2, 0.25) is 0 Å². The first-order valence-corrected chi connectivity index (χ1v) is 11.2. The summed E-state index contributed by atoms with van der Waals surface area (Å²) in [4.78, 5) is 17.4. The summed E-state index contributed by atoms with van der Waals surface area (Å²) < 4.78 is 5.51. The summed E-state index contributed by atoms with van der Waals surface area (Å²) in [6.45, 7) is 7.44. The molecule has 5 nitrogen and oxygen atoms in total. The van der Waals surface area contributed by atoms with E-state index in [9.17, 15) is 4.79 Å². The van der Waals surface area contributed by atoms with Crippen molar-refractivity contribution in [1.29, 1.82) is 0 Å². The molecule has 0 spiro atoms. The van der Waals surface area contributed by atoms with Crippen LogP contribution in [0.3, 0.4) is 0 Å². The molecule has 0 aliphatic carbocycles. The maximum Gasteiger partial charge on any atom is 0.251 e. The van der Waals surface area contributed by atoms with Gasteiger partial charge in [0, 0.05) is 44.8 Å². The van der Waals surface area contributed by atoms with Crippen LogP contribution in [0.4, 0.5) is 5.69 Å². The van der Waals surface area contributed by atoms with Gasteiger partial charge in [-0.25, -0.2) is 0 Å². The molecule has 3 aromatic carbocycles. The third kappa shape index (κ3) is 5.29. The van der Waals surface area contributed by atoms with E-state index in [-0.39, 0.29) is 5.91 Å². The second-order valence-corrected chi connectivity index (χ2v) is 8.24. The smallest absolute Gasteiger partial charge is 0.251 e. The number of hydrogen-bond donors (Lipinski definition) is 1. The molecular formula is C27H31N3O2. The molecule has 1 aliphatic heterocycles. The van der Waals surface area contributed by atoms with Crippen molar-refractivity contribution in [2.24, 2.45) is 0 Å². The largest absolute Gasteiger partial charge is 0.495 e. The van der Waals surface area contributed by atoms with Gasteiger partial charge in [-0.15, -0.1) is 0 Å². The van der Waals surface area contributed by atoms with Gasteiger partial charge in [-0.05, 0) is 47.9 Å². The van der Waals surface area contributed by atoms with Crippen molar-refractivity contribution in [2.45, 2.75) is 20.0 Å².